The Morgan fingerprint density at radius 1 is 1.11 bits per heavy atom. The van der Waals surface area contributed by atoms with Crippen molar-refractivity contribution in [1.82, 2.24) is 4.90 Å². The predicted molar refractivity (Wildman–Crippen MR) is 78.8 cm³/mol. The van der Waals surface area contributed by atoms with Gasteiger partial charge >= 0.3 is 0 Å². The lowest BCUT2D eigenvalue weighted by Gasteiger charge is -2.32. The fourth-order valence-corrected chi connectivity index (χ4v) is 2.48. The van der Waals surface area contributed by atoms with Crippen LogP contribution in [-0.4, -0.2) is 30.7 Å². The molecule has 1 aliphatic heterocycles. The van der Waals surface area contributed by atoms with Crippen LogP contribution in [0.4, 0.5) is 0 Å². The first-order valence-corrected chi connectivity index (χ1v) is 7.20. The van der Waals surface area contributed by atoms with E-state index >= 15 is 0 Å². The Balaban J connectivity index is 3.32. The summed E-state index contributed by atoms with van der Waals surface area (Å²) in [6.45, 7) is 16.6. The molecule has 0 N–H and O–H groups in total. The Hall–Kier alpha value is -0.830. The monoisotopic (exact) mass is 267 g/mol. The summed E-state index contributed by atoms with van der Waals surface area (Å²) in [6.07, 6.45) is 0.956. The van der Waals surface area contributed by atoms with Gasteiger partial charge in [0.25, 0.3) is 5.91 Å². The summed E-state index contributed by atoms with van der Waals surface area (Å²) >= 11 is 0. The van der Waals surface area contributed by atoms with Crippen molar-refractivity contribution < 1.29 is 9.53 Å². The molecule has 0 saturated heterocycles. The number of carbonyl (C=O) groups is 1. The van der Waals surface area contributed by atoms with Crippen LogP contribution in [0.3, 0.4) is 0 Å². The van der Waals surface area contributed by atoms with Gasteiger partial charge in [-0.05, 0) is 22.8 Å². The Labute approximate surface area is 118 Å². The van der Waals surface area contributed by atoms with E-state index in [-0.39, 0.29) is 16.7 Å². The summed E-state index contributed by atoms with van der Waals surface area (Å²) in [5.74, 6) is 0.150. The summed E-state index contributed by atoms with van der Waals surface area (Å²) in [5, 5.41) is 0. The molecule has 1 rings (SSSR count). The van der Waals surface area contributed by atoms with Crippen LogP contribution in [0.25, 0.3) is 0 Å². The van der Waals surface area contributed by atoms with Gasteiger partial charge in [0.05, 0.1) is 6.61 Å². The van der Waals surface area contributed by atoms with Crippen molar-refractivity contribution in [2.75, 3.05) is 19.9 Å². The molecule has 0 aliphatic carbocycles. The molecule has 0 aromatic carbocycles. The number of ether oxygens (including phenoxy) is 1. The zero-order chi connectivity index (χ0) is 14.8. The highest BCUT2D eigenvalue weighted by Gasteiger charge is 2.36. The Morgan fingerprint density at radius 3 is 2.11 bits per heavy atom. The zero-order valence-electron chi connectivity index (χ0n) is 13.6. The molecule has 0 spiro atoms. The van der Waals surface area contributed by atoms with E-state index in [1.54, 1.807) is 0 Å². The van der Waals surface area contributed by atoms with Gasteiger partial charge in [0.2, 0.25) is 0 Å². The average molecular weight is 267 g/mol. The number of amides is 1. The lowest BCUT2D eigenvalue weighted by molar-refractivity contribution is -0.132. The SMILES string of the molecule is CCCN1COCC(C(C)(C)C)=C(C(C)(C)C)C1=O. The largest absolute Gasteiger partial charge is 0.357 e. The van der Waals surface area contributed by atoms with Gasteiger partial charge in [0.1, 0.15) is 6.73 Å². The van der Waals surface area contributed by atoms with Crippen LogP contribution in [0.5, 0.6) is 0 Å². The van der Waals surface area contributed by atoms with Gasteiger partial charge < -0.3 is 9.64 Å². The first-order chi connectivity index (χ1) is 8.59. The maximum absolute atomic E-state index is 12.8. The van der Waals surface area contributed by atoms with Crippen LogP contribution in [-0.2, 0) is 9.53 Å². The van der Waals surface area contributed by atoms with E-state index in [4.69, 9.17) is 4.74 Å². The predicted octanol–water partition coefficient (Wildman–Crippen LogP) is 3.60. The van der Waals surface area contributed by atoms with Crippen molar-refractivity contribution in [3.05, 3.63) is 11.1 Å². The number of nitrogens with zero attached hydrogens (tertiary/aromatic N) is 1. The molecule has 0 bridgehead atoms. The fraction of sp³-hybridized carbons (Fsp3) is 0.812. The average Bonchev–Trinajstić information content (AvgIpc) is 2.38. The van der Waals surface area contributed by atoms with Gasteiger partial charge in [-0.3, -0.25) is 4.79 Å². The lowest BCUT2D eigenvalue weighted by atomic mass is 9.75. The topological polar surface area (TPSA) is 29.5 Å². The van der Waals surface area contributed by atoms with Gasteiger partial charge in [0.15, 0.2) is 0 Å². The van der Waals surface area contributed by atoms with E-state index in [0.29, 0.717) is 13.3 Å². The van der Waals surface area contributed by atoms with Gasteiger partial charge in [-0.15, -0.1) is 0 Å². The molecule has 3 heteroatoms. The number of rotatable bonds is 2. The first-order valence-electron chi connectivity index (χ1n) is 7.20. The second-order valence-corrected chi connectivity index (χ2v) is 7.40. The molecular weight excluding hydrogens is 238 g/mol. The van der Waals surface area contributed by atoms with Crippen molar-refractivity contribution in [2.45, 2.75) is 54.9 Å². The molecule has 1 heterocycles. The normalized spacial score (nSPS) is 18.9. The first kappa shape index (κ1) is 16.2. The molecule has 1 amide bonds. The minimum Gasteiger partial charge on any atom is -0.357 e. The molecule has 3 nitrogen and oxygen atoms in total. The van der Waals surface area contributed by atoms with Crippen LogP contribution in [0.15, 0.2) is 11.1 Å². The maximum atomic E-state index is 12.8. The summed E-state index contributed by atoms with van der Waals surface area (Å²) in [5.41, 5.74) is 1.88. The van der Waals surface area contributed by atoms with Crippen molar-refractivity contribution in [2.24, 2.45) is 10.8 Å². The van der Waals surface area contributed by atoms with Crippen molar-refractivity contribution in [3.63, 3.8) is 0 Å². The molecule has 0 aromatic heterocycles. The Kier molecular flexibility index (Phi) is 4.83. The van der Waals surface area contributed by atoms with Gasteiger partial charge in [-0.1, -0.05) is 48.5 Å². The molecule has 1 aliphatic rings. The van der Waals surface area contributed by atoms with E-state index < -0.39 is 0 Å². The quantitative estimate of drug-likeness (QED) is 0.765. The van der Waals surface area contributed by atoms with E-state index in [2.05, 4.69) is 48.5 Å². The third-order valence-corrected chi connectivity index (χ3v) is 3.45. The Bertz CT molecular complexity index is 369. The fourth-order valence-electron chi connectivity index (χ4n) is 2.48. The van der Waals surface area contributed by atoms with Crippen LogP contribution >= 0.6 is 0 Å². The molecule has 0 unspecified atom stereocenters. The van der Waals surface area contributed by atoms with E-state index in [1.165, 1.54) is 0 Å². The van der Waals surface area contributed by atoms with Crippen molar-refractivity contribution in [1.29, 1.82) is 0 Å². The lowest BCUT2D eigenvalue weighted by Crippen LogP contribution is -2.37. The van der Waals surface area contributed by atoms with Crippen LogP contribution in [0.2, 0.25) is 0 Å². The number of hydrogen-bond donors (Lipinski definition) is 0. The highest BCUT2D eigenvalue weighted by molar-refractivity contribution is 5.95. The molecule has 0 radical (unpaired) electrons. The highest BCUT2D eigenvalue weighted by atomic mass is 16.5. The van der Waals surface area contributed by atoms with Gasteiger partial charge in [-0.25, -0.2) is 0 Å². The van der Waals surface area contributed by atoms with E-state index in [1.807, 2.05) is 4.90 Å². The Morgan fingerprint density at radius 2 is 1.68 bits per heavy atom. The smallest absolute Gasteiger partial charge is 0.252 e. The third-order valence-electron chi connectivity index (χ3n) is 3.45. The van der Waals surface area contributed by atoms with Crippen molar-refractivity contribution in [3.8, 4) is 0 Å². The second-order valence-electron chi connectivity index (χ2n) is 7.40. The molecular formula is C16H29NO2. The molecule has 0 aromatic rings. The summed E-state index contributed by atoms with van der Waals surface area (Å²) in [7, 11) is 0. The van der Waals surface area contributed by atoms with Crippen LogP contribution < -0.4 is 0 Å². The molecule has 0 atom stereocenters. The van der Waals surface area contributed by atoms with Crippen molar-refractivity contribution >= 4 is 5.91 Å². The molecule has 0 fully saturated rings. The number of carbonyl (C=O) groups excluding carboxylic acids is 1. The zero-order valence-corrected chi connectivity index (χ0v) is 13.6. The summed E-state index contributed by atoms with van der Waals surface area (Å²) in [6, 6.07) is 0. The third kappa shape index (κ3) is 3.82. The van der Waals surface area contributed by atoms with Crippen LogP contribution in [0.1, 0.15) is 54.9 Å². The maximum Gasteiger partial charge on any atom is 0.252 e. The minimum atomic E-state index is -0.153. The van der Waals surface area contributed by atoms with Gasteiger partial charge in [-0.2, -0.15) is 0 Å². The second kappa shape index (κ2) is 5.66. The van der Waals surface area contributed by atoms with E-state index in [0.717, 1.165) is 24.1 Å². The molecule has 0 saturated carbocycles. The molecule has 19 heavy (non-hydrogen) atoms. The van der Waals surface area contributed by atoms with Crippen LogP contribution in [0, 0.1) is 10.8 Å². The van der Waals surface area contributed by atoms with E-state index in [9.17, 15) is 4.79 Å². The summed E-state index contributed by atoms with van der Waals surface area (Å²) < 4.78 is 5.74. The minimum absolute atomic E-state index is 0.0412. The standard InChI is InChI=1S/C16H29NO2/c1-8-9-17-11-19-10-12(15(2,3)4)13(14(17)18)16(5,6)7/h8-11H2,1-7H3. The van der Waals surface area contributed by atoms with Gasteiger partial charge in [0, 0.05) is 12.1 Å². The summed E-state index contributed by atoms with van der Waals surface area (Å²) in [4.78, 5) is 14.7. The molecule has 110 valence electrons. The highest BCUT2D eigenvalue weighted by Crippen LogP contribution is 2.38. The number of hydrogen-bond acceptors (Lipinski definition) is 2.